The predicted octanol–water partition coefficient (Wildman–Crippen LogP) is 1.54. The highest BCUT2D eigenvalue weighted by Gasteiger charge is 2.27. The molecule has 0 aliphatic carbocycles. The van der Waals surface area contributed by atoms with E-state index in [1.807, 2.05) is 0 Å². The van der Waals surface area contributed by atoms with Crippen LogP contribution in [-0.2, 0) is 4.74 Å². The summed E-state index contributed by atoms with van der Waals surface area (Å²) in [5, 5.41) is 13.1. The summed E-state index contributed by atoms with van der Waals surface area (Å²) in [5.74, 6) is -0.325. The smallest absolute Gasteiger partial charge is 0.341 e. The second kappa shape index (κ2) is 5.39. The van der Waals surface area contributed by atoms with Gasteiger partial charge in [0, 0.05) is 13.2 Å². The van der Waals surface area contributed by atoms with Crippen molar-refractivity contribution in [2.75, 3.05) is 18.9 Å². The van der Waals surface area contributed by atoms with E-state index in [-0.39, 0.29) is 17.4 Å². The van der Waals surface area contributed by atoms with Crippen molar-refractivity contribution >= 4 is 11.8 Å². The monoisotopic (exact) mass is 253 g/mol. The van der Waals surface area contributed by atoms with E-state index in [1.165, 1.54) is 6.20 Å². The molecule has 1 aliphatic rings. The van der Waals surface area contributed by atoms with Gasteiger partial charge in [0.05, 0.1) is 12.2 Å². The maximum absolute atomic E-state index is 11.0. The predicted molar refractivity (Wildman–Crippen MR) is 66.5 cm³/mol. The fourth-order valence-electron chi connectivity index (χ4n) is 2.61. The molecule has 1 saturated heterocycles. The lowest BCUT2D eigenvalue weighted by molar-refractivity contribution is 0.0462. The second-order valence-electron chi connectivity index (χ2n) is 4.62. The Morgan fingerprint density at radius 2 is 2.33 bits per heavy atom. The van der Waals surface area contributed by atoms with E-state index in [4.69, 9.17) is 15.6 Å². The number of carboxylic acids is 1. The molecular formula is C12H19N3O3. The molecular weight excluding hydrogens is 234 g/mol. The zero-order valence-electron chi connectivity index (χ0n) is 10.5. The van der Waals surface area contributed by atoms with E-state index in [2.05, 4.69) is 12.0 Å². The molecule has 0 bridgehead atoms. The molecule has 1 fully saturated rings. The third-order valence-corrected chi connectivity index (χ3v) is 3.61. The van der Waals surface area contributed by atoms with Gasteiger partial charge in [0.25, 0.3) is 0 Å². The first-order valence-corrected chi connectivity index (χ1v) is 6.29. The van der Waals surface area contributed by atoms with Crippen LogP contribution >= 0.6 is 0 Å². The lowest BCUT2D eigenvalue weighted by Crippen LogP contribution is -2.27. The van der Waals surface area contributed by atoms with Gasteiger partial charge in [0.2, 0.25) is 0 Å². The summed E-state index contributed by atoms with van der Waals surface area (Å²) in [6.07, 6.45) is 4.16. The number of hydrogen-bond donors (Lipinski definition) is 2. The maximum Gasteiger partial charge on any atom is 0.341 e. The van der Waals surface area contributed by atoms with Crippen molar-refractivity contribution in [3.05, 3.63) is 11.8 Å². The first-order chi connectivity index (χ1) is 8.65. The van der Waals surface area contributed by atoms with Crippen LogP contribution in [0.2, 0.25) is 0 Å². The summed E-state index contributed by atoms with van der Waals surface area (Å²) in [6, 6.07) is 0.155. The molecule has 18 heavy (non-hydrogen) atoms. The number of ether oxygens (including phenoxy) is 1. The number of carbonyl (C=O) groups is 1. The molecule has 2 rings (SSSR count). The largest absolute Gasteiger partial charge is 0.477 e. The number of aromatic nitrogens is 2. The molecule has 1 aromatic heterocycles. The van der Waals surface area contributed by atoms with E-state index in [0.717, 1.165) is 32.5 Å². The van der Waals surface area contributed by atoms with Gasteiger partial charge >= 0.3 is 5.97 Å². The number of hydrogen-bond acceptors (Lipinski definition) is 4. The van der Waals surface area contributed by atoms with Gasteiger partial charge in [-0.05, 0) is 25.2 Å². The summed E-state index contributed by atoms with van der Waals surface area (Å²) in [4.78, 5) is 11.0. The van der Waals surface area contributed by atoms with Gasteiger partial charge < -0.3 is 15.6 Å². The third-order valence-electron chi connectivity index (χ3n) is 3.61. The van der Waals surface area contributed by atoms with Gasteiger partial charge in [-0.15, -0.1) is 0 Å². The van der Waals surface area contributed by atoms with E-state index in [0.29, 0.717) is 5.92 Å². The van der Waals surface area contributed by atoms with Crippen LogP contribution < -0.4 is 5.73 Å². The quantitative estimate of drug-likeness (QED) is 0.849. The first-order valence-electron chi connectivity index (χ1n) is 6.29. The van der Waals surface area contributed by atoms with Crippen LogP contribution in [0.5, 0.6) is 0 Å². The van der Waals surface area contributed by atoms with Crippen molar-refractivity contribution < 1.29 is 14.6 Å². The normalized spacial score (nSPS) is 18.7. The Kier molecular flexibility index (Phi) is 3.86. The molecule has 0 amide bonds. The molecule has 0 radical (unpaired) electrons. The molecule has 100 valence electrons. The van der Waals surface area contributed by atoms with Gasteiger partial charge in [-0.3, -0.25) is 0 Å². The van der Waals surface area contributed by atoms with Gasteiger partial charge in [0.15, 0.2) is 0 Å². The summed E-state index contributed by atoms with van der Waals surface area (Å²) in [7, 11) is 0. The van der Waals surface area contributed by atoms with Crippen LogP contribution in [0.15, 0.2) is 6.20 Å². The third kappa shape index (κ3) is 2.33. The Hall–Kier alpha value is -1.56. The van der Waals surface area contributed by atoms with Crippen molar-refractivity contribution in [3.8, 4) is 0 Å². The number of nitrogen functional groups attached to an aromatic ring is 1. The average Bonchev–Trinajstić information content (AvgIpc) is 2.74. The Morgan fingerprint density at radius 1 is 1.67 bits per heavy atom. The van der Waals surface area contributed by atoms with Gasteiger partial charge in [-0.1, -0.05) is 6.92 Å². The van der Waals surface area contributed by atoms with Crippen LogP contribution in [-0.4, -0.2) is 34.1 Å². The molecule has 1 aromatic rings. The summed E-state index contributed by atoms with van der Waals surface area (Å²) >= 11 is 0. The van der Waals surface area contributed by atoms with Crippen molar-refractivity contribution in [3.63, 3.8) is 0 Å². The van der Waals surface area contributed by atoms with E-state index < -0.39 is 5.97 Å². The Bertz CT molecular complexity index is 424. The summed E-state index contributed by atoms with van der Waals surface area (Å²) in [5.41, 5.74) is 5.96. The van der Waals surface area contributed by atoms with E-state index >= 15 is 0 Å². The minimum atomic E-state index is -1.03. The summed E-state index contributed by atoms with van der Waals surface area (Å²) < 4.78 is 7.01. The van der Waals surface area contributed by atoms with Crippen LogP contribution in [0.3, 0.4) is 0 Å². The zero-order valence-corrected chi connectivity index (χ0v) is 10.5. The van der Waals surface area contributed by atoms with Crippen molar-refractivity contribution in [2.45, 2.75) is 32.2 Å². The zero-order chi connectivity index (χ0) is 13.1. The summed E-state index contributed by atoms with van der Waals surface area (Å²) in [6.45, 7) is 3.59. The number of nitrogens with zero attached hydrogens (tertiary/aromatic N) is 2. The highest BCUT2D eigenvalue weighted by atomic mass is 16.5. The molecule has 3 N–H and O–H groups in total. The number of carboxylic acid groups (broad SMARTS) is 1. The Morgan fingerprint density at radius 3 is 2.83 bits per heavy atom. The number of aromatic carboxylic acids is 1. The van der Waals surface area contributed by atoms with Crippen molar-refractivity contribution in [2.24, 2.45) is 5.92 Å². The number of anilines is 1. The Balaban J connectivity index is 2.24. The van der Waals surface area contributed by atoms with Crippen molar-refractivity contribution in [1.29, 1.82) is 0 Å². The minimum absolute atomic E-state index is 0.0838. The molecule has 1 atom stereocenters. The van der Waals surface area contributed by atoms with Crippen LogP contribution in [0, 0.1) is 5.92 Å². The fourth-order valence-corrected chi connectivity index (χ4v) is 2.61. The SMILES string of the molecule is CCC(C1CCOCC1)n1ncc(C(=O)O)c1N. The van der Waals surface area contributed by atoms with Gasteiger partial charge in [-0.2, -0.15) is 5.10 Å². The topological polar surface area (TPSA) is 90.4 Å². The van der Waals surface area contributed by atoms with Crippen LogP contribution in [0.1, 0.15) is 42.6 Å². The molecule has 6 heteroatoms. The average molecular weight is 253 g/mol. The minimum Gasteiger partial charge on any atom is -0.477 e. The molecule has 1 unspecified atom stereocenters. The standard InChI is InChI=1S/C12H19N3O3/c1-2-10(8-3-5-18-6-4-8)15-11(13)9(7-14-15)12(16)17/h7-8,10H,2-6,13H2,1H3,(H,16,17). The first kappa shape index (κ1) is 12.9. The highest BCUT2D eigenvalue weighted by molar-refractivity contribution is 5.92. The maximum atomic E-state index is 11.0. The van der Waals surface area contributed by atoms with Gasteiger partial charge in [-0.25, -0.2) is 9.48 Å². The molecule has 1 aliphatic heterocycles. The Labute approximate surface area is 106 Å². The van der Waals surface area contributed by atoms with Gasteiger partial charge in [0.1, 0.15) is 11.4 Å². The van der Waals surface area contributed by atoms with Crippen molar-refractivity contribution in [1.82, 2.24) is 9.78 Å². The fraction of sp³-hybridized carbons (Fsp3) is 0.667. The lowest BCUT2D eigenvalue weighted by atomic mass is 9.90. The number of rotatable bonds is 4. The van der Waals surface area contributed by atoms with E-state index in [9.17, 15) is 4.79 Å². The molecule has 2 heterocycles. The number of nitrogens with two attached hydrogens (primary N) is 1. The van der Waals surface area contributed by atoms with Crippen LogP contribution in [0.25, 0.3) is 0 Å². The molecule has 0 saturated carbocycles. The molecule has 6 nitrogen and oxygen atoms in total. The van der Waals surface area contributed by atoms with Crippen LogP contribution in [0.4, 0.5) is 5.82 Å². The molecule has 0 aromatic carbocycles. The highest BCUT2D eigenvalue weighted by Crippen LogP contribution is 2.32. The molecule has 0 spiro atoms. The second-order valence-corrected chi connectivity index (χ2v) is 4.62. The lowest BCUT2D eigenvalue weighted by Gasteiger charge is -2.30. The van der Waals surface area contributed by atoms with E-state index in [1.54, 1.807) is 4.68 Å².